The number of benzene rings is 1. The molecule has 0 spiro atoms. The van der Waals surface area contributed by atoms with Crippen molar-refractivity contribution in [2.75, 3.05) is 14.1 Å². The molecule has 0 saturated carbocycles. The molecule has 0 aliphatic rings. The summed E-state index contributed by atoms with van der Waals surface area (Å²) in [4.78, 5) is 12.6. The molecule has 130 valence electrons. The fraction of sp³-hybridized carbons (Fsp3) is 0.500. The minimum Gasteiger partial charge on any atom is -0.347 e. The summed E-state index contributed by atoms with van der Waals surface area (Å²) in [7, 11) is -1.39. The van der Waals surface area contributed by atoms with Crippen molar-refractivity contribution in [1.82, 2.24) is 9.62 Å². The van der Waals surface area contributed by atoms with Crippen LogP contribution in [0, 0.1) is 6.92 Å². The van der Waals surface area contributed by atoms with E-state index in [1.165, 1.54) is 39.8 Å². The van der Waals surface area contributed by atoms with Crippen molar-refractivity contribution in [2.45, 2.75) is 37.4 Å². The summed E-state index contributed by atoms with van der Waals surface area (Å²) in [6.07, 6.45) is -4.66. The number of rotatable bonds is 4. The highest BCUT2D eigenvalue weighted by Crippen LogP contribution is 2.33. The Morgan fingerprint density at radius 2 is 1.70 bits per heavy atom. The SMILES string of the molecule is Cc1ccc(S(=O)(=O)NC(C)(C)C(=O)N(C)C)cc1C(F)(F)F. The van der Waals surface area contributed by atoms with Gasteiger partial charge in [-0.2, -0.15) is 17.9 Å². The van der Waals surface area contributed by atoms with Gasteiger partial charge in [0.25, 0.3) is 0 Å². The zero-order valence-corrected chi connectivity index (χ0v) is 14.3. The predicted molar refractivity (Wildman–Crippen MR) is 79.3 cm³/mol. The van der Waals surface area contributed by atoms with Gasteiger partial charge < -0.3 is 4.90 Å². The van der Waals surface area contributed by atoms with Gasteiger partial charge in [-0.15, -0.1) is 0 Å². The Labute approximate surface area is 133 Å². The van der Waals surface area contributed by atoms with E-state index in [2.05, 4.69) is 4.72 Å². The van der Waals surface area contributed by atoms with E-state index in [0.717, 1.165) is 12.1 Å². The number of halogens is 3. The lowest BCUT2D eigenvalue weighted by Crippen LogP contribution is -2.54. The number of carbonyl (C=O) groups excluding carboxylic acids is 1. The molecule has 0 bridgehead atoms. The fourth-order valence-electron chi connectivity index (χ4n) is 2.07. The maximum Gasteiger partial charge on any atom is 0.416 e. The first-order valence-electron chi connectivity index (χ1n) is 6.62. The van der Waals surface area contributed by atoms with Crippen molar-refractivity contribution >= 4 is 15.9 Å². The number of nitrogens with one attached hydrogen (secondary N) is 1. The third-order valence-electron chi connectivity index (χ3n) is 3.16. The van der Waals surface area contributed by atoms with Gasteiger partial charge in [0.05, 0.1) is 10.5 Å². The second-order valence-corrected chi connectivity index (χ2v) is 7.59. The zero-order valence-electron chi connectivity index (χ0n) is 13.4. The van der Waals surface area contributed by atoms with Crippen LogP contribution in [0.3, 0.4) is 0 Å². The molecule has 0 saturated heterocycles. The summed E-state index contributed by atoms with van der Waals surface area (Å²) < 4.78 is 65.5. The van der Waals surface area contributed by atoms with Crippen LogP contribution in [0.4, 0.5) is 13.2 Å². The first-order chi connectivity index (χ1) is 10.2. The van der Waals surface area contributed by atoms with E-state index in [1.54, 1.807) is 0 Å². The molecule has 0 atom stereocenters. The lowest BCUT2D eigenvalue weighted by Gasteiger charge is -2.28. The molecule has 5 nitrogen and oxygen atoms in total. The standard InChI is InChI=1S/C14H19F3N2O3S/c1-9-6-7-10(8-11(9)14(15,16)17)23(21,22)18-13(2,3)12(20)19(4)5/h6-8,18H,1-5H3. The van der Waals surface area contributed by atoms with Gasteiger partial charge in [-0.3, -0.25) is 4.79 Å². The molecule has 0 unspecified atom stereocenters. The molecule has 23 heavy (non-hydrogen) atoms. The Balaban J connectivity index is 3.28. The largest absolute Gasteiger partial charge is 0.416 e. The van der Waals surface area contributed by atoms with Crippen LogP contribution in [0.5, 0.6) is 0 Å². The number of alkyl halides is 3. The van der Waals surface area contributed by atoms with Crippen molar-refractivity contribution < 1.29 is 26.4 Å². The summed E-state index contributed by atoms with van der Waals surface area (Å²) >= 11 is 0. The van der Waals surface area contributed by atoms with Gasteiger partial charge in [-0.05, 0) is 38.5 Å². The van der Waals surface area contributed by atoms with Crippen LogP contribution in [0.15, 0.2) is 23.1 Å². The van der Waals surface area contributed by atoms with E-state index < -0.39 is 38.1 Å². The molecule has 0 radical (unpaired) electrons. The molecule has 0 aliphatic carbocycles. The first-order valence-corrected chi connectivity index (χ1v) is 8.10. The van der Waals surface area contributed by atoms with E-state index in [-0.39, 0.29) is 5.56 Å². The van der Waals surface area contributed by atoms with Crippen LogP contribution < -0.4 is 4.72 Å². The number of hydrogen-bond acceptors (Lipinski definition) is 3. The lowest BCUT2D eigenvalue weighted by molar-refractivity contribution is -0.138. The van der Waals surface area contributed by atoms with Crippen LogP contribution in [-0.2, 0) is 21.0 Å². The Kier molecular flexibility index (Phi) is 5.17. The molecule has 9 heteroatoms. The Morgan fingerprint density at radius 3 is 2.13 bits per heavy atom. The number of likely N-dealkylation sites (N-methyl/N-ethyl adjacent to an activating group) is 1. The Hall–Kier alpha value is -1.61. The second-order valence-electron chi connectivity index (χ2n) is 5.90. The van der Waals surface area contributed by atoms with Gasteiger partial charge in [0.15, 0.2) is 0 Å². The average Bonchev–Trinajstić information content (AvgIpc) is 2.35. The zero-order chi connectivity index (χ0) is 18.2. The van der Waals surface area contributed by atoms with E-state index in [9.17, 15) is 26.4 Å². The minimum absolute atomic E-state index is 0.0833. The normalized spacial score (nSPS) is 13.0. The Bertz CT molecular complexity index is 710. The number of hydrogen-bond donors (Lipinski definition) is 1. The van der Waals surface area contributed by atoms with Crippen molar-refractivity contribution in [2.24, 2.45) is 0 Å². The van der Waals surface area contributed by atoms with Gasteiger partial charge in [-0.1, -0.05) is 6.07 Å². The van der Waals surface area contributed by atoms with Crippen LogP contribution in [0.2, 0.25) is 0 Å². The van der Waals surface area contributed by atoms with Crippen molar-refractivity contribution in [3.63, 3.8) is 0 Å². The fourth-order valence-corrected chi connectivity index (χ4v) is 3.47. The number of aryl methyl sites for hydroxylation is 1. The second kappa shape index (κ2) is 6.12. The summed E-state index contributed by atoms with van der Waals surface area (Å²) in [5.41, 5.74) is -2.61. The first kappa shape index (κ1) is 19.4. The number of carbonyl (C=O) groups is 1. The van der Waals surface area contributed by atoms with Gasteiger partial charge in [0, 0.05) is 14.1 Å². The molecule has 1 aromatic rings. The van der Waals surface area contributed by atoms with Crippen LogP contribution in [0.1, 0.15) is 25.0 Å². The van der Waals surface area contributed by atoms with Gasteiger partial charge >= 0.3 is 6.18 Å². The molecule has 1 N–H and O–H groups in total. The molecular weight excluding hydrogens is 333 g/mol. The maximum absolute atomic E-state index is 12.9. The molecule has 0 aliphatic heterocycles. The van der Waals surface area contributed by atoms with Crippen LogP contribution in [0.25, 0.3) is 0 Å². The van der Waals surface area contributed by atoms with Crippen molar-refractivity contribution in [3.05, 3.63) is 29.3 Å². The highest BCUT2D eigenvalue weighted by Gasteiger charge is 2.37. The number of sulfonamides is 1. The summed E-state index contributed by atoms with van der Waals surface area (Å²) in [5, 5.41) is 0. The topological polar surface area (TPSA) is 66.5 Å². The Morgan fingerprint density at radius 1 is 1.17 bits per heavy atom. The highest BCUT2D eigenvalue weighted by atomic mass is 32.2. The van der Waals surface area contributed by atoms with Crippen molar-refractivity contribution in [1.29, 1.82) is 0 Å². The molecule has 1 rings (SSSR count). The molecule has 0 fully saturated rings. The third kappa shape index (κ3) is 4.44. The molecule has 0 heterocycles. The summed E-state index contributed by atoms with van der Waals surface area (Å²) in [6, 6.07) is 2.72. The quantitative estimate of drug-likeness (QED) is 0.903. The summed E-state index contributed by atoms with van der Waals surface area (Å²) in [6.45, 7) is 3.92. The van der Waals surface area contributed by atoms with Gasteiger partial charge in [0.2, 0.25) is 15.9 Å². The van der Waals surface area contributed by atoms with E-state index in [4.69, 9.17) is 0 Å². The molecule has 1 amide bonds. The smallest absolute Gasteiger partial charge is 0.347 e. The maximum atomic E-state index is 12.9. The molecule has 0 aromatic heterocycles. The monoisotopic (exact) mass is 352 g/mol. The lowest BCUT2D eigenvalue weighted by atomic mass is 10.1. The van der Waals surface area contributed by atoms with E-state index in [1.807, 2.05) is 0 Å². The minimum atomic E-state index is -4.66. The van der Waals surface area contributed by atoms with Crippen molar-refractivity contribution in [3.8, 4) is 0 Å². The molecular formula is C14H19F3N2O3S. The van der Waals surface area contributed by atoms with Gasteiger partial charge in [0.1, 0.15) is 5.54 Å². The number of nitrogens with zero attached hydrogens (tertiary/aromatic N) is 1. The van der Waals surface area contributed by atoms with E-state index in [0.29, 0.717) is 6.07 Å². The predicted octanol–water partition coefficient (Wildman–Crippen LogP) is 2.16. The van der Waals surface area contributed by atoms with E-state index >= 15 is 0 Å². The molecule has 1 aromatic carbocycles. The highest BCUT2D eigenvalue weighted by molar-refractivity contribution is 7.89. The van der Waals surface area contributed by atoms with Crippen LogP contribution >= 0.6 is 0 Å². The average molecular weight is 352 g/mol. The summed E-state index contributed by atoms with van der Waals surface area (Å²) in [5.74, 6) is -0.524. The number of amides is 1. The van der Waals surface area contributed by atoms with Gasteiger partial charge in [-0.25, -0.2) is 8.42 Å². The third-order valence-corrected chi connectivity index (χ3v) is 4.81. The van der Waals surface area contributed by atoms with Crippen LogP contribution in [-0.4, -0.2) is 38.9 Å².